The van der Waals surface area contributed by atoms with Crippen LogP contribution in [0, 0.1) is 18.2 Å². The van der Waals surface area contributed by atoms with E-state index >= 15 is 0 Å². The molecule has 1 saturated heterocycles. The summed E-state index contributed by atoms with van der Waals surface area (Å²) in [6.07, 6.45) is -8.55. The highest BCUT2D eigenvalue weighted by Gasteiger charge is 2.55. The number of hydrogen-bond acceptors (Lipinski definition) is 12. The topological polar surface area (TPSA) is 244 Å². The third-order valence-corrected chi connectivity index (χ3v) is 10.1. The van der Waals surface area contributed by atoms with Crippen LogP contribution in [-0.2, 0) is 37.7 Å². The van der Waals surface area contributed by atoms with Crippen molar-refractivity contribution < 1.29 is 53.8 Å². The van der Waals surface area contributed by atoms with Gasteiger partial charge in [0.2, 0.25) is 5.75 Å². The van der Waals surface area contributed by atoms with Gasteiger partial charge in [0.1, 0.15) is 35.5 Å². The number of fused-ring (bicyclic) bond motifs is 2. The van der Waals surface area contributed by atoms with Crippen LogP contribution < -0.4 is 16.2 Å². The van der Waals surface area contributed by atoms with Crippen LogP contribution in [0.5, 0.6) is 5.75 Å². The summed E-state index contributed by atoms with van der Waals surface area (Å²) in [6, 6.07) is 4.23. The number of benzene rings is 1. The second-order valence-corrected chi connectivity index (χ2v) is 13.5. The molecule has 0 spiro atoms. The van der Waals surface area contributed by atoms with Crippen molar-refractivity contribution in [3.63, 3.8) is 0 Å². The van der Waals surface area contributed by atoms with Crippen molar-refractivity contribution >= 4 is 23.6 Å². The summed E-state index contributed by atoms with van der Waals surface area (Å²) in [4.78, 5) is 73.4. The van der Waals surface area contributed by atoms with E-state index in [-0.39, 0.29) is 51.1 Å². The Morgan fingerprint density at radius 1 is 1.00 bits per heavy atom. The Bertz CT molecular complexity index is 1760. The van der Waals surface area contributed by atoms with E-state index in [0.29, 0.717) is 11.1 Å². The van der Waals surface area contributed by atoms with Gasteiger partial charge < -0.3 is 50.7 Å². The molecule has 4 aliphatic rings. The molecule has 2 bridgehead atoms. The molecule has 50 heavy (non-hydrogen) atoms. The number of aliphatic hydroxyl groups is 4. The number of nitrogens with one attached hydrogen (secondary N) is 2. The molecule has 18 heteroatoms. The first kappa shape index (κ1) is 36.8. The molecule has 4 heterocycles. The lowest BCUT2D eigenvalue weighted by atomic mass is 9.67. The van der Waals surface area contributed by atoms with Gasteiger partial charge in [-0.25, -0.2) is 9.37 Å². The van der Waals surface area contributed by atoms with Crippen molar-refractivity contribution in [3.05, 3.63) is 57.0 Å². The number of ether oxygens (including phenoxy) is 1. The quantitative estimate of drug-likeness (QED) is 0.149. The van der Waals surface area contributed by atoms with Crippen molar-refractivity contribution in [2.24, 2.45) is 5.41 Å². The van der Waals surface area contributed by atoms with Gasteiger partial charge in [0, 0.05) is 46.2 Å². The van der Waals surface area contributed by atoms with Gasteiger partial charge in [-0.3, -0.25) is 28.5 Å². The number of rotatable bonds is 7. The highest BCUT2D eigenvalue weighted by atomic mass is 19.1. The summed E-state index contributed by atoms with van der Waals surface area (Å²) in [7, 11) is 4.19. The average Bonchev–Trinajstić information content (AvgIpc) is 3.32. The summed E-state index contributed by atoms with van der Waals surface area (Å²) in [5.74, 6) is -5.06. The SMILES string of the molecule is Cc1cc(CNC(=O)c2nc3n(c(=O)c2O)CC2(CNC(=O)[C@H]4O[C@@H](O)[C@H](O)[C@@H](O)[C@@H]4O)CCC3(N(C)C(=O)C(=O)N(C)C)CC2)ccc1F. The van der Waals surface area contributed by atoms with E-state index < -0.39 is 88.1 Å². The second-order valence-electron chi connectivity index (χ2n) is 13.5. The van der Waals surface area contributed by atoms with E-state index in [0.717, 1.165) is 9.47 Å². The lowest BCUT2D eigenvalue weighted by Crippen LogP contribution is -2.62. The predicted molar refractivity (Wildman–Crippen MR) is 168 cm³/mol. The molecular formula is C32H41FN6O11. The lowest BCUT2D eigenvalue weighted by Gasteiger charge is -2.46. The number of hydrogen-bond donors (Lipinski definition) is 7. The first-order chi connectivity index (χ1) is 23.4. The van der Waals surface area contributed by atoms with Crippen LogP contribution in [0.4, 0.5) is 4.39 Å². The molecule has 1 aromatic carbocycles. The molecule has 2 aromatic rings. The number of nitrogens with zero attached hydrogens (tertiary/aromatic N) is 4. The standard InChI is InChI=1S/C32H41FN6O11/c1-15-11-16(5-6-17(15)33)12-34-24(44)18-19(40)26(46)39-14-31(13-35-25(45)23-21(42)20(41)22(43)29(49)50-23)7-9-32(10-8-31,30(39)36-18)38(4)28(48)27(47)37(2)3/h5-6,11,20-23,29,40-43,49H,7-10,12-14H2,1-4H3,(H,34,44)(H,35,45)/t20-,21-,22+,23-,29+,31?,32?/m0/s1. The molecule has 2 fully saturated rings. The van der Waals surface area contributed by atoms with Gasteiger partial charge in [-0.1, -0.05) is 12.1 Å². The number of aliphatic hydroxyl groups excluding tert-OH is 4. The summed E-state index contributed by atoms with van der Waals surface area (Å²) >= 11 is 0. The summed E-state index contributed by atoms with van der Waals surface area (Å²) in [5.41, 5.74) is -3.06. The van der Waals surface area contributed by atoms with Crippen LogP contribution in [0.15, 0.2) is 23.0 Å². The number of amides is 4. The summed E-state index contributed by atoms with van der Waals surface area (Å²) < 4.78 is 19.9. The molecule has 1 aliphatic carbocycles. The fraction of sp³-hybridized carbons (Fsp3) is 0.562. The monoisotopic (exact) mass is 704 g/mol. The van der Waals surface area contributed by atoms with Crippen molar-refractivity contribution in [3.8, 4) is 5.75 Å². The number of carbonyl (C=O) groups excluding carboxylic acids is 4. The molecule has 17 nitrogen and oxygen atoms in total. The van der Waals surface area contributed by atoms with Crippen LogP contribution in [0.25, 0.3) is 0 Å². The maximum absolute atomic E-state index is 13.9. The third kappa shape index (κ3) is 6.44. The predicted octanol–water partition coefficient (Wildman–Crippen LogP) is -2.44. The highest BCUT2D eigenvalue weighted by Crippen LogP contribution is 2.52. The van der Waals surface area contributed by atoms with Crippen LogP contribution in [0.2, 0.25) is 0 Å². The Kier molecular flexibility index (Phi) is 10.1. The minimum atomic E-state index is -1.95. The highest BCUT2D eigenvalue weighted by molar-refractivity contribution is 6.34. The van der Waals surface area contributed by atoms with Gasteiger partial charge in [0.25, 0.3) is 17.4 Å². The minimum Gasteiger partial charge on any atom is -0.501 e. The average molecular weight is 705 g/mol. The van der Waals surface area contributed by atoms with Gasteiger partial charge in [-0.2, -0.15) is 0 Å². The molecule has 0 radical (unpaired) electrons. The van der Waals surface area contributed by atoms with Gasteiger partial charge in [-0.05, 0) is 49.8 Å². The smallest absolute Gasteiger partial charge is 0.312 e. The first-order valence-electron chi connectivity index (χ1n) is 16.0. The number of halogens is 1. The van der Waals surface area contributed by atoms with Crippen molar-refractivity contribution in [2.75, 3.05) is 27.7 Å². The fourth-order valence-corrected chi connectivity index (χ4v) is 6.90. The van der Waals surface area contributed by atoms with E-state index in [2.05, 4.69) is 15.6 Å². The number of carbonyl (C=O) groups is 4. The zero-order valence-corrected chi connectivity index (χ0v) is 27.9. The van der Waals surface area contributed by atoms with Crippen LogP contribution in [0.1, 0.15) is 53.1 Å². The van der Waals surface area contributed by atoms with Crippen LogP contribution in [-0.4, -0.2) is 127 Å². The minimum absolute atomic E-state index is 0.0533. The molecule has 4 amide bonds. The molecule has 1 saturated carbocycles. The van der Waals surface area contributed by atoms with Crippen molar-refractivity contribution in [2.45, 2.75) is 81.9 Å². The van der Waals surface area contributed by atoms with Crippen LogP contribution in [0.3, 0.4) is 0 Å². The Morgan fingerprint density at radius 2 is 1.66 bits per heavy atom. The molecule has 272 valence electrons. The molecule has 1 aromatic heterocycles. The van der Waals surface area contributed by atoms with E-state index in [1.54, 1.807) is 6.92 Å². The van der Waals surface area contributed by atoms with Gasteiger partial charge >= 0.3 is 11.8 Å². The van der Waals surface area contributed by atoms with Gasteiger partial charge in [-0.15, -0.1) is 0 Å². The van der Waals surface area contributed by atoms with E-state index in [1.807, 2.05) is 0 Å². The van der Waals surface area contributed by atoms with Crippen molar-refractivity contribution in [1.82, 2.24) is 30.0 Å². The summed E-state index contributed by atoms with van der Waals surface area (Å²) in [6.45, 7) is 1.18. The Morgan fingerprint density at radius 3 is 2.28 bits per heavy atom. The molecule has 5 atom stereocenters. The number of aromatic hydroxyl groups is 1. The van der Waals surface area contributed by atoms with Crippen molar-refractivity contribution in [1.29, 1.82) is 0 Å². The fourth-order valence-electron chi connectivity index (χ4n) is 6.90. The molecule has 3 aliphatic heterocycles. The Hall–Kier alpha value is -4.49. The normalized spacial score (nSPS) is 28.6. The summed E-state index contributed by atoms with van der Waals surface area (Å²) in [5, 5.41) is 56.3. The molecular weight excluding hydrogens is 663 g/mol. The van der Waals surface area contributed by atoms with E-state index in [9.17, 15) is 53.9 Å². The molecule has 7 N–H and O–H groups in total. The Labute approximate surface area is 285 Å². The zero-order chi connectivity index (χ0) is 36.9. The number of aromatic nitrogens is 2. The lowest BCUT2D eigenvalue weighted by molar-refractivity contribution is -0.275. The first-order valence-corrected chi connectivity index (χ1v) is 16.0. The molecule has 6 rings (SSSR count). The zero-order valence-electron chi connectivity index (χ0n) is 27.9. The van der Waals surface area contributed by atoms with E-state index in [1.165, 1.54) is 44.2 Å². The maximum atomic E-state index is 13.9. The number of aryl methyl sites for hydroxylation is 1. The molecule has 0 unspecified atom stereocenters. The third-order valence-electron chi connectivity index (χ3n) is 10.1. The largest absolute Gasteiger partial charge is 0.501 e. The Balaban J connectivity index is 1.49. The van der Waals surface area contributed by atoms with E-state index in [4.69, 9.17) is 4.74 Å². The second kappa shape index (κ2) is 13.7. The van der Waals surface area contributed by atoms with Gasteiger partial charge in [0.15, 0.2) is 18.1 Å². The van der Waals surface area contributed by atoms with Crippen LogP contribution >= 0.6 is 0 Å². The maximum Gasteiger partial charge on any atom is 0.312 e. The van der Waals surface area contributed by atoms with Gasteiger partial charge in [0.05, 0.1) is 0 Å². The number of likely N-dealkylation sites (N-methyl/N-ethyl adjacent to an activating group) is 2.